The first kappa shape index (κ1) is 9.00. The second-order valence-corrected chi connectivity index (χ2v) is 3.48. The molecule has 0 saturated heterocycles. The van der Waals surface area contributed by atoms with E-state index in [4.69, 9.17) is 0 Å². The molecule has 0 unspecified atom stereocenters. The SMILES string of the molecule is Cc1ccccc1C(=O)C1=CCCN1. The number of hydrogen-bond donors (Lipinski definition) is 1. The van der Waals surface area contributed by atoms with Gasteiger partial charge in [-0.15, -0.1) is 0 Å². The van der Waals surface area contributed by atoms with Crippen LogP contribution in [0.5, 0.6) is 0 Å². The maximum absolute atomic E-state index is 11.9. The van der Waals surface area contributed by atoms with Crippen molar-refractivity contribution in [2.45, 2.75) is 13.3 Å². The van der Waals surface area contributed by atoms with E-state index in [1.165, 1.54) is 0 Å². The van der Waals surface area contributed by atoms with Gasteiger partial charge < -0.3 is 5.32 Å². The molecule has 0 spiro atoms. The number of carbonyl (C=O) groups is 1. The molecule has 1 aromatic carbocycles. The number of aryl methyl sites for hydroxylation is 1. The van der Waals surface area contributed by atoms with E-state index < -0.39 is 0 Å². The number of Topliss-reactive ketones (excluding diaryl/α,β-unsaturated/α-hetero) is 1. The highest BCUT2D eigenvalue weighted by atomic mass is 16.1. The van der Waals surface area contributed by atoms with Crippen molar-refractivity contribution in [2.24, 2.45) is 0 Å². The normalized spacial score (nSPS) is 14.8. The number of benzene rings is 1. The van der Waals surface area contributed by atoms with Crippen LogP contribution in [0, 0.1) is 6.92 Å². The molecule has 0 bridgehead atoms. The van der Waals surface area contributed by atoms with Crippen molar-refractivity contribution in [1.82, 2.24) is 5.32 Å². The molecule has 0 aromatic heterocycles. The Morgan fingerprint density at radius 3 is 2.79 bits per heavy atom. The van der Waals surface area contributed by atoms with Crippen molar-refractivity contribution in [2.75, 3.05) is 6.54 Å². The van der Waals surface area contributed by atoms with E-state index in [1.54, 1.807) is 0 Å². The van der Waals surface area contributed by atoms with Crippen LogP contribution in [0.1, 0.15) is 22.3 Å². The average Bonchev–Trinajstić information content (AvgIpc) is 2.70. The number of allylic oxidation sites excluding steroid dienone is 1. The predicted molar refractivity (Wildman–Crippen MR) is 56.2 cm³/mol. The molecule has 14 heavy (non-hydrogen) atoms. The van der Waals surface area contributed by atoms with Crippen LogP contribution < -0.4 is 5.32 Å². The minimum atomic E-state index is 0.112. The van der Waals surface area contributed by atoms with Gasteiger partial charge in [0.2, 0.25) is 5.78 Å². The summed E-state index contributed by atoms with van der Waals surface area (Å²) < 4.78 is 0. The number of nitrogens with one attached hydrogen (secondary N) is 1. The van der Waals surface area contributed by atoms with E-state index in [1.807, 2.05) is 37.3 Å². The molecule has 1 aliphatic rings. The minimum Gasteiger partial charge on any atom is -0.382 e. The van der Waals surface area contributed by atoms with E-state index in [0.717, 1.165) is 29.8 Å². The summed E-state index contributed by atoms with van der Waals surface area (Å²) in [6.07, 6.45) is 2.92. The summed E-state index contributed by atoms with van der Waals surface area (Å²) in [4.78, 5) is 11.9. The van der Waals surface area contributed by atoms with Gasteiger partial charge >= 0.3 is 0 Å². The Hall–Kier alpha value is -1.57. The zero-order valence-corrected chi connectivity index (χ0v) is 8.21. The smallest absolute Gasteiger partial charge is 0.208 e. The van der Waals surface area contributed by atoms with Crippen molar-refractivity contribution in [3.05, 3.63) is 47.2 Å². The molecule has 2 nitrogen and oxygen atoms in total. The van der Waals surface area contributed by atoms with Crippen LogP contribution in [-0.4, -0.2) is 12.3 Å². The monoisotopic (exact) mass is 187 g/mol. The number of hydrogen-bond acceptors (Lipinski definition) is 2. The molecular weight excluding hydrogens is 174 g/mol. The minimum absolute atomic E-state index is 0.112. The Bertz CT molecular complexity index is 393. The molecule has 0 radical (unpaired) electrons. The third-order valence-electron chi connectivity index (χ3n) is 2.44. The number of carbonyl (C=O) groups excluding carboxylic acids is 1. The zero-order valence-electron chi connectivity index (χ0n) is 8.21. The maximum Gasteiger partial charge on any atom is 0.208 e. The Morgan fingerprint density at radius 2 is 2.14 bits per heavy atom. The van der Waals surface area contributed by atoms with Gasteiger partial charge in [-0.3, -0.25) is 4.79 Å². The first-order valence-electron chi connectivity index (χ1n) is 4.83. The summed E-state index contributed by atoms with van der Waals surface area (Å²) >= 11 is 0. The number of ketones is 1. The highest BCUT2D eigenvalue weighted by Crippen LogP contribution is 2.14. The lowest BCUT2D eigenvalue weighted by Gasteiger charge is -2.05. The predicted octanol–water partition coefficient (Wildman–Crippen LogP) is 2.05. The molecular formula is C12H13NO. The van der Waals surface area contributed by atoms with Gasteiger partial charge in [-0.25, -0.2) is 0 Å². The molecule has 0 fully saturated rings. The number of rotatable bonds is 2. The van der Waals surface area contributed by atoms with E-state index in [2.05, 4.69) is 5.32 Å². The highest BCUT2D eigenvalue weighted by Gasteiger charge is 2.15. The van der Waals surface area contributed by atoms with E-state index in [-0.39, 0.29) is 5.78 Å². The summed E-state index contributed by atoms with van der Waals surface area (Å²) in [5.41, 5.74) is 2.58. The Morgan fingerprint density at radius 1 is 1.36 bits per heavy atom. The fourth-order valence-electron chi connectivity index (χ4n) is 1.64. The van der Waals surface area contributed by atoms with Gasteiger partial charge in [0.05, 0.1) is 5.70 Å². The molecule has 0 saturated carbocycles. The van der Waals surface area contributed by atoms with Crippen molar-refractivity contribution in [3.63, 3.8) is 0 Å². The van der Waals surface area contributed by atoms with E-state index in [9.17, 15) is 4.79 Å². The molecule has 1 N–H and O–H groups in total. The zero-order chi connectivity index (χ0) is 9.97. The first-order chi connectivity index (χ1) is 6.79. The topological polar surface area (TPSA) is 29.1 Å². The summed E-state index contributed by atoms with van der Waals surface area (Å²) in [6.45, 7) is 2.84. The quantitative estimate of drug-likeness (QED) is 0.718. The summed E-state index contributed by atoms with van der Waals surface area (Å²) in [6, 6.07) is 7.68. The molecule has 1 aliphatic heterocycles. The molecule has 0 amide bonds. The van der Waals surface area contributed by atoms with E-state index in [0.29, 0.717) is 0 Å². The van der Waals surface area contributed by atoms with Crippen LogP contribution in [0.25, 0.3) is 0 Å². The molecule has 0 aliphatic carbocycles. The van der Waals surface area contributed by atoms with Crippen LogP contribution in [0.3, 0.4) is 0 Å². The lowest BCUT2D eigenvalue weighted by molar-refractivity contribution is 0.102. The third-order valence-corrected chi connectivity index (χ3v) is 2.44. The van der Waals surface area contributed by atoms with Crippen LogP contribution >= 0.6 is 0 Å². The summed E-state index contributed by atoms with van der Waals surface area (Å²) in [5.74, 6) is 0.112. The fourth-order valence-corrected chi connectivity index (χ4v) is 1.64. The second-order valence-electron chi connectivity index (χ2n) is 3.48. The Balaban J connectivity index is 2.31. The van der Waals surface area contributed by atoms with Crippen molar-refractivity contribution < 1.29 is 4.79 Å². The third kappa shape index (κ3) is 1.55. The summed E-state index contributed by atoms with van der Waals surface area (Å²) in [5, 5.41) is 3.09. The van der Waals surface area contributed by atoms with Crippen molar-refractivity contribution in [3.8, 4) is 0 Å². The van der Waals surface area contributed by atoms with Crippen LogP contribution in [0.2, 0.25) is 0 Å². The fraction of sp³-hybridized carbons (Fsp3) is 0.250. The van der Waals surface area contributed by atoms with E-state index >= 15 is 0 Å². The van der Waals surface area contributed by atoms with Crippen LogP contribution in [0.4, 0.5) is 0 Å². The molecule has 0 atom stereocenters. The largest absolute Gasteiger partial charge is 0.382 e. The van der Waals surface area contributed by atoms with Gasteiger partial charge in [0.25, 0.3) is 0 Å². The Labute approximate surface area is 83.6 Å². The van der Waals surface area contributed by atoms with Gasteiger partial charge in [0.15, 0.2) is 0 Å². The first-order valence-corrected chi connectivity index (χ1v) is 4.83. The van der Waals surface area contributed by atoms with Gasteiger partial charge in [-0.1, -0.05) is 30.3 Å². The highest BCUT2D eigenvalue weighted by molar-refractivity contribution is 6.09. The second kappa shape index (κ2) is 3.66. The average molecular weight is 187 g/mol. The standard InChI is InChI=1S/C12H13NO/c1-9-5-2-3-6-10(9)12(14)11-7-4-8-13-11/h2-3,5-7,13H,4,8H2,1H3. The maximum atomic E-state index is 11.9. The molecule has 1 heterocycles. The van der Waals surface area contributed by atoms with Crippen LogP contribution in [-0.2, 0) is 0 Å². The van der Waals surface area contributed by atoms with Gasteiger partial charge in [0, 0.05) is 12.1 Å². The van der Waals surface area contributed by atoms with Gasteiger partial charge in [-0.05, 0) is 18.9 Å². The molecule has 2 rings (SSSR count). The van der Waals surface area contributed by atoms with Gasteiger partial charge in [0.1, 0.15) is 0 Å². The lowest BCUT2D eigenvalue weighted by Crippen LogP contribution is -2.16. The molecule has 2 heteroatoms. The van der Waals surface area contributed by atoms with Gasteiger partial charge in [-0.2, -0.15) is 0 Å². The lowest BCUT2D eigenvalue weighted by atomic mass is 10.0. The summed E-state index contributed by atoms with van der Waals surface area (Å²) in [7, 11) is 0. The van der Waals surface area contributed by atoms with Crippen LogP contribution in [0.15, 0.2) is 36.0 Å². The molecule has 1 aromatic rings. The van der Waals surface area contributed by atoms with Crippen molar-refractivity contribution in [1.29, 1.82) is 0 Å². The van der Waals surface area contributed by atoms with Crippen molar-refractivity contribution >= 4 is 5.78 Å². The Kier molecular flexibility index (Phi) is 2.35. The molecule has 72 valence electrons.